The SMILES string of the molecule is COc1ccccc1C(=O)CN1C(=O)CN(c2ccccc2)C1=O. The number of ketones is 1. The van der Waals surface area contributed by atoms with Crippen molar-refractivity contribution in [2.45, 2.75) is 0 Å². The highest BCUT2D eigenvalue weighted by atomic mass is 16.5. The number of carbonyl (C=O) groups excluding carboxylic acids is 3. The van der Waals surface area contributed by atoms with Crippen LogP contribution in [0.1, 0.15) is 10.4 Å². The number of amides is 3. The maximum absolute atomic E-state index is 12.5. The third-order valence-corrected chi connectivity index (χ3v) is 3.83. The Kier molecular flexibility index (Phi) is 4.29. The van der Waals surface area contributed by atoms with E-state index in [0.717, 1.165) is 4.90 Å². The smallest absolute Gasteiger partial charge is 0.332 e. The zero-order chi connectivity index (χ0) is 17.1. The van der Waals surface area contributed by atoms with Crippen LogP contribution >= 0.6 is 0 Å². The second kappa shape index (κ2) is 6.54. The van der Waals surface area contributed by atoms with E-state index < -0.39 is 11.9 Å². The molecule has 1 aliphatic heterocycles. The molecular formula is C18H16N2O4. The van der Waals surface area contributed by atoms with E-state index in [1.165, 1.54) is 12.0 Å². The van der Waals surface area contributed by atoms with Crippen LogP contribution in [0.3, 0.4) is 0 Å². The topological polar surface area (TPSA) is 66.9 Å². The summed E-state index contributed by atoms with van der Waals surface area (Å²) >= 11 is 0. The van der Waals surface area contributed by atoms with Gasteiger partial charge in [-0.3, -0.25) is 19.4 Å². The van der Waals surface area contributed by atoms with Crippen molar-refractivity contribution in [3.8, 4) is 5.75 Å². The molecule has 0 radical (unpaired) electrons. The minimum atomic E-state index is -0.491. The summed E-state index contributed by atoms with van der Waals surface area (Å²) in [6.45, 7) is -0.372. The summed E-state index contributed by atoms with van der Waals surface area (Å²) < 4.78 is 5.16. The lowest BCUT2D eigenvalue weighted by atomic mass is 10.1. The second-order valence-electron chi connectivity index (χ2n) is 5.31. The lowest BCUT2D eigenvalue weighted by Gasteiger charge is -2.17. The number of benzene rings is 2. The van der Waals surface area contributed by atoms with E-state index in [-0.39, 0.29) is 18.9 Å². The third-order valence-electron chi connectivity index (χ3n) is 3.83. The maximum Gasteiger partial charge on any atom is 0.332 e. The first-order valence-electron chi connectivity index (χ1n) is 7.45. The van der Waals surface area contributed by atoms with E-state index in [2.05, 4.69) is 0 Å². The van der Waals surface area contributed by atoms with E-state index in [9.17, 15) is 14.4 Å². The summed E-state index contributed by atoms with van der Waals surface area (Å²) in [5.41, 5.74) is 0.974. The Balaban J connectivity index is 1.79. The average Bonchev–Trinajstić information content (AvgIpc) is 2.90. The first-order valence-corrected chi connectivity index (χ1v) is 7.45. The normalized spacial score (nSPS) is 14.2. The Labute approximate surface area is 139 Å². The van der Waals surface area contributed by atoms with Crippen molar-refractivity contribution in [1.82, 2.24) is 4.90 Å². The van der Waals surface area contributed by atoms with E-state index in [0.29, 0.717) is 17.0 Å². The fourth-order valence-corrected chi connectivity index (χ4v) is 2.61. The number of nitrogens with zero attached hydrogens (tertiary/aromatic N) is 2. The van der Waals surface area contributed by atoms with Gasteiger partial charge in [0.05, 0.1) is 19.2 Å². The number of carbonyl (C=O) groups is 3. The van der Waals surface area contributed by atoms with Gasteiger partial charge in [-0.2, -0.15) is 0 Å². The summed E-state index contributed by atoms with van der Waals surface area (Å²) in [6.07, 6.45) is 0. The summed E-state index contributed by atoms with van der Waals surface area (Å²) in [7, 11) is 1.47. The Hall–Kier alpha value is -3.15. The summed E-state index contributed by atoms with van der Waals surface area (Å²) in [5.74, 6) is -0.322. The lowest BCUT2D eigenvalue weighted by molar-refractivity contribution is -0.124. The van der Waals surface area contributed by atoms with Gasteiger partial charge in [0.1, 0.15) is 12.3 Å². The molecule has 3 amide bonds. The fourth-order valence-electron chi connectivity index (χ4n) is 2.61. The summed E-state index contributed by atoms with van der Waals surface area (Å²) in [5, 5.41) is 0. The summed E-state index contributed by atoms with van der Waals surface area (Å²) in [4.78, 5) is 39.5. The minimum Gasteiger partial charge on any atom is -0.496 e. The van der Waals surface area contributed by atoms with E-state index in [1.807, 2.05) is 6.07 Å². The van der Waals surface area contributed by atoms with Crippen molar-refractivity contribution in [2.75, 3.05) is 25.1 Å². The number of para-hydroxylation sites is 2. The molecule has 1 fully saturated rings. The van der Waals surface area contributed by atoms with Crippen LogP contribution in [0.15, 0.2) is 54.6 Å². The van der Waals surface area contributed by atoms with Gasteiger partial charge in [-0.1, -0.05) is 30.3 Å². The number of rotatable bonds is 5. The number of urea groups is 1. The van der Waals surface area contributed by atoms with Crippen LogP contribution in [0.4, 0.5) is 10.5 Å². The van der Waals surface area contributed by atoms with E-state index in [4.69, 9.17) is 4.74 Å². The molecule has 0 N–H and O–H groups in total. The van der Waals surface area contributed by atoms with Gasteiger partial charge in [-0.25, -0.2) is 4.79 Å². The summed E-state index contributed by atoms with van der Waals surface area (Å²) in [6, 6.07) is 15.1. The molecule has 6 nitrogen and oxygen atoms in total. The minimum absolute atomic E-state index is 0.0674. The highest BCUT2D eigenvalue weighted by Crippen LogP contribution is 2.22. The van der Waals surface area contributed by atoms with Crippen molar-refractivity contribution in [2.24, 2.45) is 0 Å². The van der Waals surface area contributed by atoms with Gasteiger partial charge in [0, 0.05) is 5.69 Å². The van der Waals surface area contributed by atoms with Crippen molar-refractivity contribution in [3.05, 3.63) is 60.2 Å². The lowest BCUT2D eigenvalue weighted by Crippen LogP contribution is -2.37. The molecule has 0 unspecified atom stereocenters. The van der Waals surface area contributed by atoms with Crippen LogP contribution in [-0.2, 0) is 4.79 Å². The molecule has 1 aliphatic rings. The number of anilines is 1. The molecule has 0 saturated carbocycles. The largest absolute Gasteiger partial charge is 0.496 e. The molecule has 1 heterocycles. The van der Waals surface area contributed by atoms with Crippen LogP contribution in [0, 0.1) is 0 Å². The average molecular weight is 324 g/mol. The van der Waals surface area contributed by atoms with Crippen LogP contribution in [-0.4, -0.2) is 42.8 Å². The molecule has 6 heteroatoms. The highest BCUT2D eigenvalue weighted by Gasteiger charge is 2.38. The first-order chi connectivity index (χ1) is 11.6. The quantitative estimate of drug-likeness (QED) is 0.625. The van der Waals surface area contributed by atoms with E-state index >= 15 is 0 Å². The standard InChI is InChI=1S/C18H16N2O4/c1-24-16-10-6-5-9-14(16)15(21)11-20-17(22)12-19(18(20)23)13-7-3-2-4-8-13/h2-10H,11-12H2,1H3. The number of Topliss-reactive ketones (excluding diaryl/α,β-unsaturated/α-hetero) is 1. The van der Waals surface area contributed by atoms with Crippen LogP contribution in [0.2, 0.25) is 0 Å². The van der Waals surface area contributed by atoms with Gasteiger partial charge in [-0.15, -0.1) is 0 Å². The number of methoxy groups -OCH3 is 1. The number of hydrogen-bond acceptors (Lipinski definition) is 4. The Morgan fingerprint density at radius 1 is 1.04 bits per heavy atom. The zero-order valence-corrected chi connectivity index (χ0v) is 13.1. The number of imide groups is 1. The second-order valence-corrected chi connectivity index (χ2v) is 5.31. The fraction of sp³-hybridized carbons (Fsp3) is 0.167. The Morgan fingerprint density at radius 3 is 2.42 bits per heavy atom. The van der Waals surface area contributed by atoms with Crippen LogP contribution in [0.5, 0.6) is 5.75 Å². The molecule has 0 spiro atoms. The van der Waals surface area contributed by atoms with Crippen molar-refractivity contribution in [1.29, 1.82) is 0 Å². The van der Waals surface area contributed by atoms with Gasteiger partial charge >= 0.3 is 6.03 Å². The predicted octanol–water partition coefficient (Wildman–Crippen LogP) is 2.35. The molecule has 24 heavy (non-hydrogen) atoms. The van der Waals surface area contributed by atoms with Crippen molar-refractivity contribution in [3.63, 3.8) is 0 Å². The number of ether oxygens (including phenoxy) is 1. The molecule has 0 bridgehead atoms. The molecule has 0 atom stereocenters. The third kappa shape index (κ3) is 2.86. The monoisotopic (exact) mass is 324 g/mol. The van der Waals surface area contributed by atoms with Crippen LogP contribution in [0.25, 0.3) is 0 Å². The highest BCUT2D eigenvalue weighted by molar-refractivity contribution is 6.15. The van der Waals surface area contributed by atoms with Crippen LogP contribution < -0.4 is 9.64 Å². The predicted molar refractivity (Wildman–Crippen MR) is 88.2 cm³/mol. The molecule has 0 aliphatic carbocycles. The van der Waals surface area contributed by atoms with Gasteiger partial charge < -0.3 is 4.74 Å². The molecule has 3 rings (SSSR count). The van der Waals surface area contributed by atoms with E-state index in [1.54, 1.807) is 48.5 Å². The van der Waals surface area contributed by atoms with Gasteiger partial charge in [0.25, 0.3) is 5.91 Å². The van der Waals surface area contributed by atoms with Gasteiger partial charge in [0.15, 0.2) is 5.78 Å². The molecule has 0 aromatic heterocycles. The zero-order valence-electron chi connectivity index (χ0n) is 13.1. The molecule has 122 valence electrons. The molecular weight excluding hydrogens is 308 g/mol. The van der Waals surface area contributed by atoms with Gasteiger partial charge in [-0.05, 0) is 24.3 Å². The Morgan fingerprint density at radius 2 is 1.71 bits per heavy atom. The molecule has 2 aromatic carbocycles. The van der Waals surface area contributed by atoms with Crippen molar-refractivity contribution >= 4 is 23.4 Å². The molecule has 2 aromatic rings. The van der Waals surface area contributed by atoms with Gasteiger partial charge in [0.2, 0.25) is 0 Å². The van der Waals surface area contributed by atoms with Crippen molar-refractivity contribution < 1.29 is 19.1 Å². The Bertz CT molecular complexity index is 789. The maximum atomic E-state index is 12.5. The first kappa shape index (κ1) is 15.7. The number of hydrogen-bond donors (Lipinski definition) is 0. The molecule has 1 saturated heterocycles.